The topological polar surface area (TPSA) is 9.23 Å². The van der Waals surface area contributed by atoms with Gasteiger partial charge in [-0.2, -0.15) is 0 Å². The van der Waals surface area contributed by atoms with Gasteiger partial charge in [-0.05, 0) is 49.8 Å². The van der Waals surface area contributed by atoms with E-state index in [0.717, 1.165) is 31.4 Å². The summed E-state index contributed by atoms with van der Waals surface area (Å²) in [7, 11) is 0. The molecule has 0 bridgehead atoms. The Morgan fingerprint density at radius 3 is 2.71 bits per heavy atom. The van der Waals surface area contributed by atoms with E-state index in [1.807, 2.05) is 0 Å². The zero-order valence-electron chi connectivity index (χ0n) is 9.87. The molecular weight excluding hydrogens is 239 g/mol. The zero-order valence-corrected chi connectivity index (χ0v) is 10.6. The molecule has 1 aromatic carbocycles. The van der Waals surface area contributed by atoms with Crippen LogP contribution in [-0.2, 0) is 4.74 Å². The van der Waals surface area contributed by atoms with Crippen molar-refractivity contribution in [2.45, 2.75) is 43.6 Å². The molecule has 0 radical (unpaired) electrons. The summed E-state index contributed by atoms with van der Waals surface area (Å²) in [5.41, 5.74) is 0.990. The highest BCUT2D eigenvalue weighted by Crippen LogP contribution is 2.28. The van der Waals surface area contributed by atoms with Gasteiger partial charge in [-0.3, -0.25) is 0 Å². The van der Waals surface area contributed by atoms with Gasteiger partial charge in [-0.15, -0.1) is 11.6 Å². The highest BCUT2D eigenvalue weighted by Gasteiger charge is 2.16. The molecule has 2 rings (SSSR count). The second kappa shape index (κ2) is 6.36. The van der Waals surface area contributed by atoms with E-state index in [-0.39, 0.29) is 11.2 Å². The summed E-state index contributed by atoms with van der Waals surface area (Å²) in [6.45, 7) is 0.883. The summed E-state index contributed by atoms with van der Waals surface area (Å²) in [5, 5.41) is -0.0406. The smallest absolute Gasteiger partial charge is 0.123 e. The zero-order chi connectivity index (χ0) is 12.1. The van der Waals surface area contributed by atoms with Gasteiger partial charge in [-0.1, -0.05) is 12.1 Å². The molecule has 1 fully saturated rings. The van der Waals surface area contributed by atoms with Crippen LogP contribution < -0.4 is 0 Å². The maximum atomic E-state index is 12.8. The second-order valence-corrected chi connectivity index (χ2v) is 5.11. The summed E-state index contributed by atoms with van der Waals surface area (Å²) in [6, 6.07) is 6.44. The Bertz CT molecular complexity index is 333. The standard InChI is InChI=1S/C14H18ClFO/c15-14(11-4-6-12(16)7-5-11)9-8-13-3-1-2-10-17-13/h4-7,13-14H,1-3,8-10H2. The average molecular weight is 257 g/mol. The van der Waals surface area contributed by atoms with Crippen molar-refractivity contribution in [2.24, 2.45) is 0 Å². The van der Waals surface area contributed by atoms with E-state index >= 15 is 0 Å². The van der Waals surface area contributed by atoms with Crippen LogP contribution in [0.1, 0.15) is 43.0 Å². The van der Waals surface area contributed by atoms with E-state index in [2.05, 4.69) is 0 Å². The molecule has 1 nitrogen and oxygen atoms in total. The first-order chi connectivity index (χ1) is 8.25. The molecule has 0 spiro atoms. The van der Waals surface area contributed by atoms with E-state index in [1.165, 1.54) is 25.0 Å². The summed E-state index contributed by atoms with van der Waals surface area (Å²) in [4.78, 5) is 0. The van der Waals surface area contributed by atoms with Crippen LogP contribution in [-0.4, -0.2) is 12.7 Å². The van der Waals surface area contributed by atoms with Crippen molar-refractivity contribution in [3.8, 4) is 0 Å². The van der Waals surface area contributed by atoms with Gasteiger partial charge in [0.05, 0.1) is 11.5 Å². The summed E-state index contributed by atoms with van der Waals surface area (Å²) in [5.74, 6) is -0.215. The molecule has 0 aromatic heterocycles. The minimum Gasteiger partial charge on any atom is -0.378 e. The molecule has 1 aromatic rings. The molecule has 0 amide bonds. The van der Waals surface area contributed by atoms with E-state index < -0.39 is 0 Å². The first-order valence-corrected chi connectivity index (χ1v) is 6.70. The van der Waals surface area contributed by atoms with Crippen molar-refractivity contribution in [1.29, 1.82) is 0 Å². The lowest BCUT2D eigenvalue weighted by Gasteiger charge is -2.23. The molecule has 3 heteroatoms. The number of hydrogen-bond donors (Lipinski definition) is 0. The van der Waals surface area contributed by atoms with Gasteiger partial charge in [0.2, 0.25) is 0 Å². The van der Waals surface area contributed by atoms with Crippen molar-refractivity contribution in [3.63, 3.8) is 0 Å². The number of alkyl halides is 1. The SMILES string of the molecule is Fc1ccc(C(Cl)CCC2CCCCO2)cc1. The highest BCUT2D eigenvalue weighted by molar-refractivity contribution is 6.20. The maximum Gasteiger partial charge on any atom is 0.123 e. The molecule has 1 saturated heterocycles. The highest BCUT2D eigenvalue weighted by atomic mass is 35.5. The molecule has 0 saturated carbocycles. The minimum atomic E-state index is -0.215. The normalized spacial score (nSPS) is 22.4. The van der Waals surface area contributed by atoms with Crippen LogP contribution >= 0.6 is 11.6 Å². The van der Waals surface area contributed by atoms with Crippen LogP contribution in [0, 0.1) is 5.82 Å². The fraction of sp³-hybridized carbons (Fsp3) is 0.571. The van der Waals surface area contributed by atoms with E-state index in [0.29, 0.717) is 6.10 Å². The molecule has 17 heavy (non-hydrogen) atoms. The van der Waals surface area contributed by atoms with Crippen LogP contribution in [0.3, 0.4) is 0 Å². The summed E-state index contributed by atoms with van der Waals surface area (Å²) in [6.07, 6.45) is 5.83. The molecule has 1 aliphatic rings. The quantitative estimate of drug-likeness (QED) is 0.723. The van der Waals surface area contributed by atoms with Crippen molar-refractivity contribution in [3.05, 3.63) is 35.6 Å². The van der Waals surface area contributed by atoms with Crippen molar-refractivity contribution in [2.75, 3.05) is 6.61 Å². The molecule has 2 unspecified atom stereocenters. The van der Waals surface area contributed by atoms with Gasteiger partial charge >= 0.3 is 0 Å². The van der Waals surface area contributed by atoms with Crippen LogP contribution in [0.4, 0.5) is 4.39 Å². The van der Waals surface area contributed by atoms with Crippen molar-refractivity contribution >= 4 is 11.6 Å². The van der Waals surface area contributed by atoms with E-state index in [9.17, 15) is 4.39 Å². The third-order valence-electron chi connectivity index (χ3n) is 3.25. The average Bonchev–Trinajstić information content (AvgIpc) is 2.38. The lowest BCUT2D eigenvalue weighted by molar-refractivity contribution is 0.0100. The van der Waals surface area contributed by atoms with Gasteiger partial charge in [0, 0.05) is 6.61 Å². The van der Waals surface area contributed by atoms with Gasteiger partial charge in [0.25, 0.3) is 0 Å². The van der Waals surface area contributed by atoms with Gasteiger partial charge in [0.1, 0.15) is 5.82 Å². The molecule has 1 aliphatic heterocycles. The number of rotatable bonds is 4. The monoisotopic (exact) mass is 256 g/mol. The van der Waals surface area contributed by atoms with E-state index in [1.54, 1.807) is 12.1 Å². The first-order valence-electron chi connectivity index (χ1n) is 6.27. The van der Waals surface area contributed by atoms with Crippen molar-refractivity contribution in [1.82, 2.24) is 0 Å². The van der Waals surface area contributed by atoms with Gasteiger partial charge in [0.15, 0.2) is 0 Å². The first kappa shape index (κ1) is 12.8. The number of hydrogen-bond acceptors (Lipinski definition) is 1. The number of halogens is 2. The minimum absolute atomic E-state index is 0.0406. The third kappa shape index (κ3) is 3.97. The largest absolute Gasteiger partial charge is 0.378 e. The number of ether oxygens (including phenoxy) is 1. The van der Waals surface area contributed by atoms with Crippen LogP contribution in [0.25, 0.3) is 0 Å². The Morgan fingerprint density at radius 1 is 1.29 bits per heavy atom. The van der Waals surface area contributed by atoms with Crippen LogP contribution in [0.5, 0.6) is 0 Å². The van der Waals surface area contributed by atoms with Crippen LogP contribution in [0.2, 0.25) is 0 Å². The fourth-order valence-electron chi connectivity index (χ4n) is 2.21. The molecule has 2 atom stereocenters. The molecule has 94 valence electrons. The Kier molecular flexibility index (Phi) is 4.81. The molecule has 0 aliphatic carbocycles. The molecule has 0 N–H and O–H groups in total. The molecular formula is C14H18ClFO. The lowest BCUT2D eigenvalue weighted by atomic mass is 10.0. The lowest BCUT2D eigenvalue weighted by Crippen LogP contribution is -2.19. The molecule has 1 heterocycles. The second-order valence-electron chi connectivity index (χ2n) is 4.59. The Hall–Kier alpha value is -0.600. The predicted octanol–water partition coefficient (Wildman–Crippen LogP) is 4.45. The summed E-state index contributed by atoms with van der Waals surface area (Å²) < 4.78 is 18.4. The van der Waals surface area contributed by atoms with Crippen molar-refractivity contribution < 1.29 is 9.13 Å². The Labute approximate surface area is 107 Å². The predicted molar refractivity (Wildman–Crippen MR) is 67.8 cm³/mol. The van der Waals surface area contributed by atoms with Gasteiger partial charge < -0.3 is 4.74 Å². The Morgan fingerprint density at radius 2 is 2.06 bits per heavy atom. The Balaban J connectivity index is 1.80. The van der Waals surface area contributed by atoms with E-state index in [4.69, 9.17) is 16.3 Å². The van der Waals surface area contributed by atoms with Crippen LogP contribution in [0.15, 0.2) is 24.3 Å². The number of benzene rings is 1. The maximum absolute atomic E-state index is 12.8. The third-order valence-corrected chi connectivity index (χ3v) is 3.72. The van der Waals surface area contributed by atoms with Gasteiger partial charge in [-0.25, -0.2) is 4.39 Å². The fourth-order valence-corrected chi connectivity index (χ4v) is 2.48. The summed E-state index contributed by atoms with van der Waals surface area (Å²) >= 11 is 6.30.